The third-order valence-corrected chi connectivity index (χ3v) is 4.29. The Morgan fingerprint density at radius 2 is 1.82 bits per heavy atom. The summed E-state index contributed by atoms with van der Waals surface area (Å²) in [6.45, 7) is 4.51. The van der Waals surface area contributed by atoms with Gasteiger partial charge >= 0.3 is 0 Å². The monoisotopic (exact) mass is 372 g/mol. The molecule has 0 saturated carbocycles. The van der Waals surface area contributed by atoms with Gasteiger partial charge in [-0.05, 0) is 54.8 Å². The van der Waals surface area contributed by atoms with Gasteiger partial charge in [0.25, 0.3) is 5.91 Å². The van der Waals surface area contributed by atoms with Gasteiger partial charge in [0.15, 0.2) is 0 Å². The number of hydrogen-bond donors (Lipinski definition) is 2. The van der Waals surface area contributed by atoms with E-state index in [1.807, 2.05) is 43.3 Å². The molecule has 0 radical (unpaired) electrons. The van der Waals surface area contributed by atoms with Gasteiger partial charge in [-0.3, -0.25) is 15.1 Å². The summed E-state index contributed by atoms with van der Waals surface area (Å²) in [5.74, 6) is 0.201. The topological polar surface area (TPSA) is 66.4 Å². The van der Waals surface area contributed by atoms with Crippen LogP contribution in [-0.4, -0.2) is 16.9 Å². The number of aryl methyl sites for hydroxylation is 2. The van der Waals surface area contributed by atoms with Crippen molar-refractivity contribution < 1.29 is 4.79 Å². The van der Waals surface area contributed by atoms with Crippen LogP contribution in [0.1, 0.15) is 34.0 Å². The molecule has 0 aliphatic heterocycles. The molecule has 3 aromatic rings. The number of rotatable bonds is 5. The predicted octanol–water partition coefficient (Wildman–Crippen LogP) is 4.35. The number of aliphatic imine (C=N–C) groups is 1. The van der Waals surface area contributed by atoms with Crippen molar-refractivity contribution in [3.8, 4) is 0 Å². The molecule has 1 amide bonds. The Labute approximate surface area is 165 Å². The van der Waals surface area contributed by atoms with Gasteiger partial charge in [-0.1, -0.05) is 42.8 Å². The van der Waals surface area contributed by atoms with Crippen LogP contribution in [0.4, 0.5) is 5.69 Å². The van der Waals surface area contributed by atoms with Gasteiger partial charge in [0.2, 0.25) is 5.96 Å². The highest BCUT2D eigenvalue weighted by Gasteiger charge is 2.09. The van der Waals surface area contributed by atoms with Crippen LogP contribution in [0.3, 0.4) is 0 Å². The molecule has 3 rings (SSSR count). The van der Waals surface area contributed by atoms with Crippen molar-refractivity contribution in [3.63, 3.8) is 0 Å². The van der Waals surface area contributed by atoms with Gasteiger partial charge in [0.1, 0.15) is 0 Å². The highest BCUT2D eigenvalue weighted by molar-refractivity contribution is 6.09. The minimum absolute atomic E-state index is 0.205. The third-order valence-electron chi connectivity index (χ3n) is 4.29. The molecule has 0 aliphatic rings. The average Bonchev–Trinajstić information content (AvgIpc) is 2.73. The van der Waals surface area contributed by atoms with Gasteiger partial charge in [-0.25, -0.2) is 4.99 Å². The van der Waals surface area contributed by atoms with Crippen LogP contribution in [0.15, 0.2) is 78.0 Å². The number of aromatic nitrogens is 1. The second-order valence-electron chi connectivity index (χ2n) is 6.53. The zero-order valence-corrected chi connectivity index (χ0v) is 16.1. The van der Waals surface area contributed by atoms with Gasteiger partial charge in [-0.15, -0.1) is 0 Å². The molecule has 0 unspecified atom stereocenters. The Kier molecular flexibility index (Phi) is 6.52. The number of hydrogen-bond acceptors (Lipinski definition) is 3. The summed E-state index contributed by atoms with van der Waals surface area (Å²) in [5.41, 5.74) is 4.75. The van der Waals surface area contributed by atoms with Gasteiger partial charge in [0, 0.05) is 23.6 Å². The molecule has 28 heavy (non-hydrogen) atoms. The molecule has 5 nitrogen and oxygen atoms in total. The van der Waals surface area contributed by atoms with E-state index >= 15 is 0 Å². The molecule has 0 atom stereocenters. The van der Waals surface area contributed by atoms with Crippen LogP contribution in [0.2, 0.25) is 0 Å². The standard InChI is InChI=1S/C23H24N4O/c1-3-18-6-4-8-21(14-18)26-23(25-16-19-7-5-13-24-15-19)27-22(28)20-11-9-17(2)10-12-20/h4-15H,3,16H2,1-2H3,(H2,25,26,27,28). The predicted molar refractivity (Wildman–Crippen MR) is 113 cm³/mol. The molecule has 0 aliphatic carbocycles. The Balaban J connectivity index is 1.80. The number of carbonyl (C=O) groups excluding carboxylic acids is 1. The summed E-state index contributed by atoms with van der Waals surface area (Å²) in [7, 11) is 0. The number of carbonyl (C=O) groups is 1. The molecule has 0 saturated heterocycles. The number of anilines is 1. The number of benzene rings is 2. The summed E-state index contributed by atoms with van der Waals surface area (Å²) < 4.78 is 0. The quantitative estimate of drug-likeness (QED) is 0.517. The van der Waals surface area contributed by atoms with Gasteiger partial charge < -0.3 is 5.32 Å². The molecule has 5 heteroatoms. The molecule has 0 fully saturated rings. The number of pyridine rings is 1. The van der Waals surface area contributed by atoms with Crippen LogP contribution in [-0.2, 0) is 13.0 Å². The maximum absolute atomic E-state index is 12.6. The molecule has 1 aromatic heterocycles. The lowest BCUT2D eigenvalue weighted by Crippen LogP contribution is -2.36. The normalized spacial score (nSPS) is 11.1. The van der Waals surface area contributed by atoms with E-state index in [1.165, 1.54) is 5.56 Å². The van der Waals surface area contributed by atoms with E-state index in [0.29, 0.717) is 18.1 Å². The maximum atomic E-state index is 12.6. The van der Waals surface area contributed by atoms with Crippen molar-refractivity contribution in [1.29, 1.82) is 0 Å². The van der Waals surface area contributed by atoms with Crippen molar-refractivity contribution in [2.24, 2.45) is 4.99 Å². The highest BCUT2D eigenvalue weighted by Crippen LogP contribution is 2.11. The summed E-state index contributed by atoms with van der Waals surface area (Å²) in [6, 6.07) is 19.3. The minimum Gasteiger partial charge on any atom is -0.326 e. The molecule has 1 heterocycles. The van der Waals surface area contributed by atoms with Crippen LogP contribution < -0.4 is 10.6 Å². The van der Waals surface area contributed by atoms with Crippen molar-refractivity contribution in [1.82, 2.24) is 10.3 Å². The third kappa shape index (κ3) is 5.51. The number of guanidine groups is 1. The van der Waals surface area contributed by atoms with Crippen molar-refractivity contribution in [2.75, 3.05) is 5.32 Å². The molecule has 2 N–H and O–H groups in total. The van der Waals surface area contributed by atoms with Crippen LogP contribution in [0.25, 0.3) is 0 Å². The lowest BCUT2D eigenvalue weighted by molar-refractivity contribution is 0.0977. The second kappa shape index (κ2) is 9.46. The van der Waals surface area contributed by atoms with Crippen LogP contribution in [0.5, 0.6) is 0 Å². The largest absolute Gasteiger partial charge is 0.326 e. The number of amides is 1. The van der Waals surface area contributed by atoms with E-state index in [1.54, 1.807) is 24.5 Å². The fourth-order valence-electron chi connectivity index (χ4n) is 2.66. The van der Waals surface area contributed by atoms with Gasteiger partial charge in [0.05, 0.1) is 6.54 Å². The Bertz CT molecular complexity index is 950. The average molecular weight is 372 g/mol. The molecule has 0 spiro atoms. The number of nitrogens with one attached hydrogen (secondary N) is 2. The Hall–Kier alpha value is -3.47. The van der Waals surface area contributed by atoms with Gasteiger partial charge in [-0.2, -0.15) is 0 Å². The molecule has 2 aromatic carbocycles. The first-order valence-corrected chi connectivity index (χ1v) is 9.31. The fourth-order valence-corrected chi connectivity index (χ4v) is 2.66. The van der Waals surface area contributed by atoms with Crippen molar-refractivity contribution >= 4 is 17.6 Å². The zero-order chi connectivity index (χ0) is 19.8. The summed E-state index contributed by atoms with van der Waals surface area (Å²) >= 11 is 0. The second-order valence-corrected chi connectivity index (χ2v) is 6.53. The lowest BCUT2D eigenvalue weighted by Gasteiger charge is -2.13. The van der Waals surface area contributed by atoms with Crippen LogP contribution in [0, 0.1) is 6.92 Å². The SMILES string of the molecule is CCc1cccc(NC(=NCc2cccnc2)NC(=O)c2ccc(C)cc2)c1. The number of nitrogens with zero attached hydrogens (tertiary/aromatic N) is 2. The molecule has 0 bridgehead atoms. The smallest absolute Gasteiger partial charge is 0.257 e. The van der Waals surface area contributed by atoms with E-state index in [2.05, 4.69) is 39.7 Å². The van der Waals surface area contributed by atoms with Crippen molar-refractivity contribution in [2.45, 2.75) is 26.8 Å². The summed E-state index contributed by atoms with van der Waals surface area (Å²) in [5, 5.41) is 6.12. The first kappa shape index (κ1) is 19.3. The van der Waals surface area contributed by atoms with Crippen molar-refractivity contribution in [3.05, 3.63) is 95.3 Å². The summed E-state index contributed by atoms with van der Waals surface area (Å²) in [4.78, 5) is 21.3. The zero-order valence-electron chi connectivity index (χ0n) is 16.1. The van der Waals surface area contributed by atoms with E-state index < -0.39 is 0 Å². The first-order valence-electron chi connectivity index (χ1n) is 9.31. The molecular formula is C23H24N4O. The van der Waals surface area contributed by atoms with E-state index in [4.69, 9.17) is 0 Å². The van der Waals surface area contributed by atoms with E-state index in [9.17, 15) is 4.79 Å². The fraction of sp³-hybridized carbons (Fsp3) is 0.174. The van der Waals surface area contributed by atoms with Crippen LogP contribution >= 0.6 is 0 Å². The summed E-state index contributed by atoms with van der Waals surface area (Å²) in [6.07, 6.45) is 4.43. The highest BCUT2D eigenvalue weighted by atomic mass is 16.1. The van der Waals surface area contributed by atoms with E-state index in [0.717, 1.165) is 23.2 Å². The molecule has 142 valence electrons. The maximum Gasteiger partial charge on any atom is 0.257 e. The molecular weight excluding hydrogens is 348 g/mol. The van der Waals surface area contributed by atoms with E-state index in [-0.39, 0.29) is 5.91 Å². The Morgan fingerprint density at radius 1 is 1.04 bits per heavy atom. The Morgan fingerprint density at radius 3 is 2.54 bits per heavy atom. The lowest BCUT2D eigenvalue weighted by atomic mass is 10.1. The first-order chi connectivity index (χ1) is 13.6. The minimum atomic E-state index is -0.205.